The van der Waals surface area contributed by atoms with Gasteiger partial charge in [-0.05, 0) is 45.0 Å². The van der Waals surface area contributed by atoms with Crippen molar-refractivity contribution in [3.05, 3.63) is 45.9 Å². The van der Waals surface area contributed by atoms with Gasteiger partial charge in [-0.3, -0.25) is 9.59 Å². The predicted molar refractivity (Wildman–Crippen MR) is 96.7 cm³/mol. The third kappa shape index (κ3) is 5.07. The van der Waals surface area contributed by atoms with E-state index in [9.17, 15) is 9.59 Å². The standard InChI is InChI=1S/C17H20N2O3S2/c1-11(2)19(8-16(20)21)17(22)13-4-6-15(7-5-13)24-10-14-9-23-12(3)18-14/h4-7,9,11H,8,10H2,1-3H3,(H,20,21). The zero-order valence-electron chi connectivity index (χ0n) is 13.9. The molecule has 7 heteroatoms. The van der Waals surface area contributed by atoms with Crippen molar-refractivity contribution in [3.8, 4) is 0 Å². The van der Waals surface area contributed by atoms with Gasteiger partial charge < -0.3 is 10.0 Å². The highest BCUT2D eigenvalue weighted by Gasteiger charge is 2.21. The molecule has 0 fully saturated rings. The molecule has 0 aliphatic carbocycles. The highest BCUT2D eigenvalue weighted by atomic mass is 32.2. The molecule has 0 spiro atoms. The average Bonchev–Trinajstić information content (AvgIpc) is 2.95. The number of hydrogen-bond acceptors (Lipinski definition) is 5. The molecule has 1 amide bonds. The number of amides is 1. The number of aryl methyl sites for hydroxylation is 1. The van der Waals surface area contributed by atoms with E-state index >= 15 is 0 Å². The van der Waals surface area contributed by atoms with Gasteiger partial charge in [-0.15, -0.1) is 23.1 Å². The van der Waals surface area contributed by atoms with Crippen molar-refractivity contribution in [3.63, 3.8) is 0 Å². The van der Waals surface area contributed by atoms with Crippen molar-refractivity contribution in [2.75, 3.05) is 6.54 Å². The SMILES string of the molecule is Cc1nc(CSc2ccc(C(=O)N(CC(=O)O)C(C)C)cc2)cs1. The molecule has 0 bridgehead atoms. The number of nitrogens with zero attached hydrogens (tertiary/aromatic N) is 2. The number of carbonyl (C=O) groups excluding carboxylic acids is 1. The van der Waals surface area contributed by atoms with Gasteiger partial charge in [0.2, 0.25) is 0 Å². The van der Waals surface area contributed by atoms with E-state index in [4.69, 9.17) is 5.11 Å². The van der Waals surface area contributed by atoms with Crippen LogP contribution in [0.25, 0.3) is 0 Å². The van der Waals surface area contributed by atoms with Gasteiger partial charge in [0.05, 0.1) is 10.7 Å². The number of thiazole rings is 1. The summed E-state index contributed by atoms with van der Waals surface area (Å²) in [6.07, 6.45) is 0. The number of aliphatic carboxylic acids is 1. The maximum atomic E-state index is 12.5. The Bertz CT molecular complexity index is 711. The minimum absolute atomic E-state index is 0.171. The summed E-state index contributed by atoms with van der Waals surface area (Å²) in [5, 5.41) is 12.1. The maximum absolute atomic E-state index is 12.5. The van der Waals surface area contributed by atoms with Crippen LogP contribution in [-0.2, 0) is 10.5 Å². The van der Waals surface area contributed by atoms with Crippen LogP contribution in [0.1, 0.15) is 34.9 Å². The molecule has 2 aromatic rings. The van der Waals surface area contributed by atoms with Crippen molar-refractivity contribution < 1.29 is 14.7 Å². The fraction of sp³-hybridized carbons (Fsp3) is 0.353. The Morgan fingerprint density at radius 3 is 2.46 bits per heavy atom. The molecule has 1 heterocycles. The summed E-state index contributed by atoms with van der Waals surface area (Å²) in [7, 11) is 0. The topological polar surface area (TPSA) is 70.5 Å². The van der Waals surface area contributed by atoms with E-state index in [1.54, 1.807) is 49.1 Å². The van der Waals surface area contributed by atoms with E-state index < -0.39 is 5.97 Å². The second-order valence-electron chi connectivity index (χ2n) is 5.59. The van der Waals surface area contributed by atoms with Crippen LogP contribution in [0.15, 0.2) is 34.5 Å². The van der Waals surface area contributed by atoms with Crippen LogP contribution in [0, 0.1) is 6.92 Å². The summed E-state index contributed by atoms with van der Waals surface area (Å²) < 4.78 is 0. The molecule has 1 aromatic carbocycles. The zero-order chi connectivity index (χ0) is 17.7. The van der Waals surface area contributed by atoms with Crippen molar-refractivity contribution in [2.24, 2.45) is 0 Å². The fourth-order valence-electron chi connectivity index (χ4n) is 2.13. The number of carbonyl (C=O) groups is 2. The molecule has 24 heavy (non-hydrogen) atoms. The lowest BCUT2D eigenvalue weighted by Gasteiger charge is -2.25. The Kier molecular flexibility index (Phi) is 6.39. The molecule has 2 rings (SSSR count). The van der Waals surface area contributed by atoms with Crippen LogP contribution in [0.5, 0.6) is 0 Å². The number of rotatable bonds is 7. The molecular formula is C17H20N2O3S2. The molecule has 0 atom stereocenters. The Morgan fingerprint density at radius 1 is 1.29 bits per heavy atom. The number of aromatic nitrogens is 1. The van der Waals surface area contributed by atoms with Gasteiger partial charge in [-0.25, -0.2) is 4.98 Å². The van der Waals surface area contributed by atoms with E-state index in [2.05, 4.69) is 4.98 Å². The summed E-state index contributed by atoms with van der Waals surface area (Å²) in [6.45, 7) is 5.30. The van der Waals surface area contributed by atoms with Crippen LogP contribution < -0.4 is 0 Å². The fourth-order valence-corrected chi connectivity index (χ4v) is 3.64. The zero-order valence-corrected chi connectivity index (χ0v) is 15.5. The maximum Gasteiger partial charge on any atom is 0.323 e. The molecule has 0 saturated heterocycles. The summed E-state index contributed by atoms with van der Waals surface area (Å²) in [6, 6.07) is 7.09. The van der Waals surface area contributed by atoms with Crippen LogP contribution >= 0.6 is 23.1 Å². The van der Waals surface area contributed by atoms with Crippen LogP contribution in [0.4, 0.5) is 0 Å². The van der Waals surface area contributed by atoms with E-state index in [1.807, 2.05) is 24.4 Å². The van der Waals surface area contributed by atoms with Gasteiger partial charge in [0.25, 0.3) is 5.91 Å². The predicted octanol–water partition coefficient (Wildman–Crippen LogP) is 3.68. The first-order valence-electron chi connectivity index (χ1n) is 7.53. The Morgan fingerprint density at radius 2 is 1.96 bits per heavy atom. The molecular weight excluding hydrogens is 344 g/mol. The molecule has 1 N–H and O–H groups in total. The lowest BCUT2D eigenvalue weighted by molar-refractivity contribution is -0.138. The highest BCUT2D eigenvalue weighted by molar-refractivity contribution is 7.98. The monoisotopic (exact) mass is 364 g/mol. The summed E-state index contributed by atoms with van der Waals surface area (Å²) in [5.74, 6) is -0.490. The highest BCUT2D eigenvalue weighted by Crippen LogP contribution is 2.24. The van der Waals surface area contributed by atoms with Gasteiger partial charge >= 0.3 is 5.97 Å². The second kappa shape index (κ2) is 8.30. The van der Waals surface area contributed by atoms with Crippen molar-refractivity contribution >= 4 is 35.0 Å². The van der Waals surface area contributed by atoms with Crippen molar-refractivity contribution in [2.45, 2.75) is 37.5 Å². The lowest BCUT2D eigenvalue weighted by atomic mass is 10.1. The van der Waals surface area contributed by atoms with Crippen molar-refractivity contribution in [1.29, 1.82) is 0 Å². The summed E-state index contributed by atoms with van der Waals surface area (Å²) >= 11 is 3.29. The molecule has 0 unspecified atom stereocenters. The smallest absolute Gasteiger partial charge is 0.323 e. The number of thioether (sulfide) groups is 1. The van der Waals surface area contributed by atoms with E-state index in [0.29, 0.717) is 5.56 Å². The average molecular weight is 364 g/mol. The molecule has 0 aliphatic rings. The third-order valence-corrected chi connectivity index (χ3v) is 5.21. The molecule has 0 aliphatic heterocycles. The molecule has 0 saturated carbocycles. The van der Waals surface area contributed by atoms with Gasteiger partial charge in [-0.1, -0.05) is 0 Å². The van der Waals surface area contributed by atoms with E-state index in [-0.39, 0.29) is 18.5 Å². The first kappa shape index (κ1) is 18.5. The number of benzene rings is 1. The molecule has 1 aromatic heterocycles. The van der Waals surface area contributed by atoms with Gasteiger partial charge in [0.15, 0.2) is 0 Å². The normalized spacial score (nSPS) is 10.8. The Labute approximate surface area is 149 Å². The Balaban J connectivity index is 2.01. The van der Waals surface area contributed by atoms with Crippen LogP contribution in [-0.4, -0.2) is 39.5 Å². The Hall–Kier alpha value is -1.86. The van der Waals surface area contributed by atoms with Crippen LogP contribution in [0.2, 0.25) is 0 Å². The summed E-state index contributed by atoms with van der Waals surface area (Å²) in [5.41, 5.74) is 1.55. The van der Waals surface area contributed by atoms with Gasteiger partial charge in [-0.2, -0.15) is 0 Å². The number of carboxylic acids is 1. The molecule has 128 valence electrons. The first-order chi connectivity index (χ1) is 11.4. The quantitative estimate of drug-likeness (QED) is 0.759. The van der Waals surface area contributed by atoms with E-state index in [1.165, 1.54) is 4.90 Å². The second-order valence-corrected chi connectivity index (χ2v) is 7.70. The van der Waals surface area contributed by atoms with Gasteiger partial charge in [0, 0.05) is 27.6 Å². The minimum atomic E-state index is -1.01. The van der Waals surface area contributed by atoms with Crippen LogP contribution in [0.3, 0.4) is 0 Å². The van der Waals surface area contributed by atoms with Gasteiger partial charge in [0.1, 0.15) is 6.54 Å². The largest absolute Gasteiger partial charge is 0.480 e. The van der Waals surface area contributed by atoms with E-state index in [0.717, 1.165) is 21.3 Å². The minimum Gasteiger partial charge on any atom is -0.480 e. The third-order valence-electron chi connectivity index (χ3n) is 3.34. The first-order valence-corrected chi connectivity index (χ1v) is 9.40. The lowest BCUT2D eigenvalue weighted by Crippen LogP contribution is -2.40. The molecule has 0 radical (unpaired) electrons. The number of hydrogen-bond donors (Lipinski definition) is 1. The van der Waals surface area contributed by atoms with Crippen molar-refractivity contribution in [1.82, 2.24) is 9.88 Å². The molecule has 5 nitrogen and oxygen atoms in total. The number of carboxylic acid groups (broad SMARTS) is 1. The summed E-state index contributed by atoms with van der Waals surface area (Å²) in [4.78, 5) is 30.2.